The topological polar surface area (TPSA) is 34.0 Å². The lowest BCUT2D eigenvalue weighted by atomic mass is 9.68. The molecule has 2 fully saturated rings. The monoisotopic (exact) mass is 404 g/mol. The van der Waals surface area contributed by atoms with Gasteiger partial charge in [-0.25, -0.2) is 4.99 Å². The summed E-state index contributed by atoms with van der Waals surface area (Å²) in [6, 6.07) is 18.5. The second-order valence-electron chi connectivity index (χ2n) is 9.56. The summed E-state index contributed by atoms with van der Waals surface area (Å²) in [5.41, 5.74) is 2.52. The van der Waals surface area contributed by atoms with Crippen molar-refractivity contribution in [2.75, 3.05) is 0 Å². The second kappa shape index (κ2) is 6.46. The quantitative estimate of drug-likeness (QED) is 0.575. The molecule has 3 aliphatic rings. The van der Waals surface area contributed by atoms with Gasteiger partial charge in [-0.3, -0.25) is 0 Å². The average Bonchev–Trinajstić information content (AvgIpc) is 3.19. The highest BCUT2D eigenvalue weighted by molar-refractivity contribution is 8.14. The van der Waals surface area contributed by atoms with E-state index in [-0.39, 0.29) is 15.7 Å². The molecule has 4 heteroatoms. The van der Waals surface area contributed by atoms with Crippen molar-refractivity contribution in [3.05, 3.63) is 65.7 Å². The summed E-state index contributed by atoms with van der Waals surface area (Å²) in [7, 11) is 0. The Morgan fingerprint density at radius 2 is 1.72 bits per heavy atom. The number of benzene rings is 2. The van der Waals surface area contributed by atoms with Gasteiger partial charge < -0.3 is 4.74 Å². The Balaban J connectivity index is 1.61. The zero-order valence-electron chi connectivity index (χ0n) is 17.6. The first-order chi connectivity index (χ1) is 13.8. The molecule has 0 unspecified atom stereocenters. The van der Waals surface area contributed by atoms with Crippen LogP contribution in [0.2, 0.25) is 0 Å². The van der Waals surface area contributed by atoms with Crippen LogP contribution in [0.25, 0.3) is 0 Å². The highest BCUT2D eigenvalue weighted by Gasteiger charge is 2.71. The van der Waals surface area contributed by atoms with Crippen LogP contribution in [0.4, 0.5) is 0 Å². The van der Waals surface area contributed by atoms with Crippen molar-refractivity contribution in [3.63, 3.8) is 0 Å². The average molecular weight is 405 g/mol. The van der Waals surface area contributed by atoms with Crippen LogP contribution in [0.5, 0.6) is 5.75 Å². The van der Waals surface area contributed by atoms with Crippen LogP contribution in [0.15, 0.2) is 64.6 Å². The highest BCUT2D eigenvalue weighted by atomic mass is 32.2. The Labute approximate surface area is 177 Å². The molecule has 1 aliphatic heterocycles. The van der Waals surface area contributed by atoms with E-state index in [0.29, 0.717) is 11.1 Å². The molecule has 3 nitrogen and oxygen atoms in total. The summed E-state index contributed by atoms with van der Waals surface area (Å²) in [6.45, 7) is 9.31. The molecular formula is C25H28N2OS. The van der Waals surface area contributed by atoms with E-state index in [2.05, 4.69) is 64.1 Å². The van der Waals surface area contributed by atoms with E-state index in [4.69, 9.17) is 14.7 Å². The van der Waals surface area contributed by atoms with Gasteiger partial charge >= 0.3 is 0 Å². The lowest BCUT2D eigenvalue weighted by Crippen LogP contribution is -2.52. The largest absolute Gasteiger partial charge is 0.434 e. The number of amidine groups is 1. The first-order valence-corrected chi connectivity index (χ1v) is 11.3. The number of nitrogens with zero attached hydrogens (tertiary/aromatic N) is 2. The van der Waals surface area contributed by atoms with Crippen LogP contribution in [0, 0.1) is 23.7 Å². The molecule has 2 aromatic carbocycles. The van der Waals surface area contributed by atoms with Gasteiger partial charge in [0.25, 0.3) is 5.23 Å². The normalized spacial score (nSPS) is 32.2. The third-order valence-corrected chi connectivity index (χ3v) is 9.16. The maximum absolute atomic E-state index is 6.33. The smallest absolute Gasteiger partial charge is 0.260 e. The Hall–Kier alpha value is -2.07. The first kappa shape index (κ1) is 18.9. The lowest BCUT2D eigenvalue weighted by Gasteiger charge is -2.51. The molecule has 0 aromatic heterocycles. The Morgan fingerprint density at radius 1 is 1.00 bits per heavy atom. The van der Waals surface area contributed by atoms with E-state index in [9.17, 15) is 0 Å². The van der Waals surface area contributed by atoms with Gasteiger partial charge in [-0.2, -0.15) is 4.99 Å². The van der Waals surface area contributed by atoms with Gasteiger partial charge in [0.2, 0.25) is 0 Å². The standard InChI is InChI=1S/C25H28N2OS/c1-17-10-12-20(13-11-17)28-22-26-21(18-8-6-5-7-9-18)27-25(29-22)23(2,3)19-14-15-24(25,4)16-19/h5-13,19H,14-16H2,1-4H3/t19-,24+,25-/m0/s1. The van der Waals surface area contributed by atoms with E-state index in [0.717, 1.165) is 17.1 Å². The van der Waals surface area contributed by atoms with Crippen molar-refractivity contribution in [2.24, 2.45) is 26.7 Å². The minimum atomic E-state index is -0.254. The van der Waals surface area contributed by atoms with Gasteiger partial charge in [-0.15, -0.1) is 0 Å². The summed E-state index contributed by atoms with van der Waals surface area (Å²) in [4.78, 5) is 10.0. The lowest BCUT2D eigenvalue weighted by molar-refractivity contribution is 0.115. The van der Waals surface area contributed by atoms with E-state index in [1.54, 1.807) is 11.8 Å². The fourth-order valence-corrected chi connectivity index (χ4v) is 7.17. The molecule has 5 rings (SSSR count). The number of aryl methyl sites for hydroxylation is 1. The Bertz CT molecular complexity index is 988. The van der Waals surface area contributed by atoms with Crippen LogP contribution in [-0.4, -0.2) is 15.9 Å². The van der Waals surface area contributed by atoms with Crippen molar-refractivity contribution in [1.29, 1.82) is 0 Å². The van der Waals surface area contributed by atoms with Gasteiger partial charge in [-0.05, 0) is 56.0 Å². The summed E-state index contributed by atoms with van der Waals surface area (Å²) in [5.74, 6) is 2.32. The summed E-state index contributed by atoms with van der Waals surface area (Å²) in [5, 5.41) is 0.713. The van der Waals surface area contributed by atoms with Crippen molar-refractivity contribution in [1.82, 2.24) is 0 Å². The first-order valence-electron chi connectivity index (χ1n) is 10.5. The maximum atomic E-state index is 6.33. The van der Waals surface area contributed by atoms with Crippen LogP contribution < -0.4 is 4.74 Å². The molecule has 150 valence electrons. The molecule has 2 aliphatic carbocycles. The van der Waals surface area contributed by atoms with E-state index in [1.165, 1.54) is 24.8 Å². The number of fused-ring (bicyclic) bond motifs is 3. The molecule has 0 radical (unpaired) electrons. The van der Waals surface area contributed by atoms with Crippen molar-refractivity contribution >= 4 is 22.8 Å². The summed E-state index contributed by atoms with van der Waals surface area (Å²) >= 11 is 1.75. The number of ether oxygens (including phenoxy) is 1. The Morgan fingerprint density at radius 3 is 2.38 bits per heavy atom. The van der Waals surface area contributed by atoms with E-state index >= 15 is 0 Å². The number of hydrogen-bond donors (Lipinski definition) is 0. The van der Waals surface area contributed by atoms with Crippen LogP contribution in [-0.2, 0) is 0 Å². The van der Waals surface area contributed by atoms with Crippen molar-refractivity contribution < 1.29 is 4.74 Å². The molecule has 1 spiro atoms. The van der Waals surface area contributed by atoms with Gasteiger partial charge in [0.1, 0.15) is 10.6 Å². The molecule has 3 atom stereocenters. The van der Waals surface area contributed by atoms with Crippen molar-refractivity contribution in [2.45, 2.75) is 51.8 Å². The van der Waals surface area contributed by atoms with Crippen molar-refractivity contribution in [3.8, 4) is 5.75 Å². The van der Waals surface area contributed by atoms with Gasteiger partial charge in [-0.1, -0.05) is 68.8 Å². The molecule has 2 saturated carbocycles. The van der Waals surface area contributed by atoms with Crippen LogP contribution in [0.1, 0.15) is 51.2 Å². The summed E-state index contributed by atoms with van der Waals surface area (Å²) in [6.07, 6.45) is 3.75. The van der Waals surface area contributed by atoms with Gasteiger partial charge in [0.15, 0.2) is 5.84 Å². The third-order valence-electron chi connectivity index (χ3n) is 7.41. The molecule has 0 N–H and O–H groups in total. The number of aliphatic imine (C=N–C) groups is 2. The van der Waals surface area contributed by atoms with Gasteiger partial charge in [0, 0.05) is 16.4 Å². The second-order valence-corrected chi connectivity index (χ2v) is 10.7. The maximum Gasteiger partial charge on any atom is 0.260 e. The molecule has 2 aromatic rings. The number of thioether (sulfide) groups is 1. The molecule has 2 bridgehead atoms. The molecular weight excluding hydrogens is 376 g/mol. The zero-order valence-corrected chi connectivity index (χ0v) is 18.4. The highest BCUT2D eigenvalue weighted by Crippen LogP contribution is 2.73. The fraction of sp³-hybridized carbons (Fsp3) is 0.440. The molecule has 29 heavy (non-hydrogen) atoms. The Kier molecular flexibility index (Phi) is 4.22. The molecule has 0 saturated heterocycles. The number of hydrogen-bond acceptors (Lipinski definition) is 4. The SMILES string of the molecule is Cc1ccc(OC2=NC(c3ccccc3)=N[C@]3(S2)C(C)(C)[C@H]2CC[C@]3(C)C2)cc1. The summed E-state index contributed by atoms with van der Waals surface area (Å²) < 4.78 is 6.33. The molecule has 1 heterocycles. The zero-order chi connectivity index (χ0) is 20.3. The minimum absolute atomic E-state index is 0.0858. The van der Waals surface area contributed by atoms with E-state index in [1.807, 2.05) is 18.2 Å². The van der Waals surface area contributed by atoms with Crippen LogP contribution >= 0.6 is 11.8 Å². The minimum Gasteiger partial charge on any atom is -0.434 e. The predicted octanol–water partition coefficient (Wildman–Crippen LogP) is 6.47. The third kappa shape index (κ3) is 2.79. The number of rotatable bonds is 2. The van der Waals surface area contributed by atoms with E-state index < -0.39 is 0 Å². The fourth-order valence-electron chi connectivity index (χ4n) is 5.65. The van der Waals surface area contributed by atoms with Gasteiger partial charge in [0.05, 0.1) is 0 Å². The predicted molar refractivity (Wildman–Crippen MR) is 122 cm³/mol. The molecule has 0 amide bonds. The van der Waals surface area contributed by atoms with Crippen LogP contribution in [0.3, 0.4) is 0 Å².